The number of carbonyl (C=O) groups is 1. The van der Waals surface area contributed by atoms with E-state index in [0.29, 0.717) is 0 Å². The van der Waals surface area contributed by atoms with Crippen LogP contribution in [0.4, 0.5) is 0 Å². The maximum absolute atomic E-state index is 9.91. The van der Waals surface area contributed by atoms with Gasteiger partial charge in [0.25, 0.3) is 0 Å². The quantitative estimate of drug-likeness (QED) is 0.399. The highest BCUT2D eigenvalue weighted by Gasteiger charge is 1.79. The van der Waals surface area contributed by atoms with Gasteiger partial charge in [-0.2, -0.15) is 0 Å². The number of ketones is 1. The zero-order valence-electron chi connectivity index (χ0n) is 3.72. The van der Waals surface area contributed by atoms with E-state index < -0.39 is 0 Å². The van der Waals surface area contributed by atoms with Gasteiger partial charge in [0, 0.05) is 6.92 Å². The van der Waals surface area contributed by atoms with Gasteiger partial charge in [-0.25, -0.2) is 0 Å². The van der Waals surface area contributed by atoms with Crippen molar-refractivity contribution in [2.45, 2.75) is 6.92 Å². The molecule has 0 aliphatic rings. The molecule has 0 aromatic rings. The van der Waals surface area contributed by atoms with Gasteiger partial charge in [0.1, 0.15) is 6.21 Å². The van der Waals surface area contributed by atoms with Crippen LogP contribution >= 0.6 is 11.9 Å². The summed E-state index contributed by atoms with van der Waals surface area (Å²) in [6.07, 6.45) is 0.979. The minimum absolute atomic E-state index is 0.194. The molecule has 0 fully saturated rings. The Morgan fingerprint density at radius 2 is 2.57 bits per heavy atom. The van der Waals surface area contributed by atoms with Crippen LogP contribution in [-0.2, 0) is 9.18 Å². The number of halogens is 1. The third-order valence-corrected chi connectivity index (χ3v) is 0.354. The molecule has 0 rings (SSSR count). The van der Waals surface area contributed by atoms with E-state index in [1.165, 1.54) is 6.92 Å². The molecule has 40 valence electrons. The molecule has 0 atom stereocenters. The van der Waals surface area contributed by atoms with Crippen molar-refractivity contribution in [2.24, 2.45) is 5.16 Å². The van der Waals surface area contributed by atoms with Crippen LogP contribution in [0.15, 0.2) is 5.16 Å². The van der Waals surface area contributed by atoms with Gasteiger partial charge in [-0.05, 0) is 0 Å². The first-order valence-electron chi connectivity index (χ1n) is 1.59. The minimum atomic E-state index is -0.194. The second-order valence-electron chi connectivity index (χ2n) is 0.914. The third-order valence-electron chi connectivity index (χ3n) is 0.274. The van der Waals surface area contributed by atoms with E-state index in [4.69, 9.17) is 0 Å². The smallest absolute Gasteiger partial charge is 0.174 e. The van der Waals surface area contributed by atoms with Gasteiger partial charge in [-0.3, -0.25) is 9.18 Å². The van der Waals surface area contributed by atoms with Gasteiger partial charge in [0.05, 0.1) is 0 Å². The topological polar surface area (TPSA) is 38.7 Å². The van der Waals surface area contributed by atoms with Gasteiger partial charge in [-0.15, -0.1) is 0 Å². The molecule has 0 spiro atoms. The van der Waals surface area contributed by atoms with Gasteiger partial charge in [0.2, 0.25) is 0 Å². The molecule has 0 radical (unpaired) electrons. The van der Waals surface area contributed by atoms with Crippen LogP contribution < -0.4 is 0 Å². The van der Waals surface area contributed by atoms with E-state index in [2.05, 4.69) is 21.4 Å². The van der Waals surface area contributed by atoms with Gasteiger partial charge >= 0.3 is 0 Å². The monoisotopic (exact) mass is 121 g/mol. The number of hydrogen-bond acceptors (Lipinski definition) is 3. The maximum Gasteiger partial charge on any atom is 0.174 e. The lowest BCUT2D eigenvalue weighted by atomic mass is 10.5. The average Bonchev–Trinajstić information content (AvgIpc) is 1.61. The lowest BCUT2D eigenvalue weighted by Gasteiger charge is -1.74. The lowest BCUT2D eigenvalue weighted by Crippen LogP contribution is -1.88. The van der Waals surface area contributed by atoms with Crippen LogP contribution in [0.3, 0.4) is 0 Å². The van der Waals surface area contributed by atoms with Gasteiger partial charge < -0.3 is 0 Å². The molecule has 0 aliphatic heterocycles. The molecule has 3 nitrogen and oxygen atoms in total. The molecule has 0 amide bonds. The highest BCUT2D eigenvalue weighted by Crippen LogP contribution is 1.76. The number of nitrogens with zero attached hydrogens (tertiary/aromatic N) is 1. The van der Waals surface area contributed by atoms with E-state index in [1.54, 1.807) is 0 Å². The van der Waals surface area contributed by atoms with Crippen LogP contribution in [0.5, 0.6) is 0 Å². The van der Waals surface area contributed by atoms with Crippen molar-refractivity contribution < 1.29 is 9.18 Å². The molecule has 0 saturated heterocycles. The summed E-state index contributed by atoms with van der Waals surface area (Å²) in [5, 5.41) is 2.96. The summed E-state index contributed by atoms with van der Waals surface area (Å²) in [5.41, 5.74) is 0. The Balaban J connectivity index is 3.26. The fourth-order valence-corrected chi connectivity index (χ4v) is 0.134. The summed E-state index contributed by atoms with van der Waals surface area (Å²) in [4.78, 5) is 9.91. The zero-order valence-corrected chi connectivity index (χ0v) is 4.47. The highest BCUT2D eigenvalue weighted by atomic mass is 35.5. The van der Waals surface area contributed by atoms with Crippen LogP contribution in [0.1, 0.15) is 6.92 Å². The summed E-state index contributed by atoms with van der Waals surface area (Å²) in [5.74, 6) is -0.194. The van der Waals surface area contributed by atoms with Crippen LogP contribution in [0, 0.1) is 0 Å². The molecule has 0 aliphatic carbocycles. The van der Waals surface area contributed by atoms with Crippen LogP contribution in [0.2, 0.25) is 0 Å². The van der Waals surface area contributed by atoms with Crippen molar-refractivity contribution in [2.75, 3.05) is 0 Å². The maximum atomic E-state index is 9.91. The van der Waals surface area contributed by atoms with Crippen LogP contribution in [-0.4, -0.2) is 12.0 Å². The predicted molar refractivity (Wildman–Crippen MR) is 26.1 cm³/mol. The molecule has 0 heterocycles. The van der Waals surface area contributed by atoms with E-state index >= 15 is 0 Å². The van der Waals surface area contributed by atoms with Crippen LogP contribution in [0.25, 0.3) is 0 Å². The molecule has 0 N–H and O–H groups in total. The molecule has 4 heteroatoms. The first-order chi connectivity index (χ1) is 3.27. The second kappa shape index (κ2) is 3.61. The standard InChI is InChI=1S/C3H4ClNO2/c1-3(6)2-5-7-4/h2H,1H3/b5-2+. The SMILES string of the molecule is CC(=O)/C=N/OCl. The summed E-state index contributed by atoms with van der Waals surface area (Å²) < 4.78 is 3.67. The Kier molecular flexibility index (Phi) is 3.32. The lowest BCUT2D eigenvalue weighted by molar-refractivity contribution is -0.110. The van der Waals surface area contributed by atoms with E-state index in [1.807, 2.05) is 0 Å². The molecular weight excluding hydrogens is 117 g/mol. The number of oxime groups is 1. The van der Waals surface area contributed by atoms with Crippen molar-refractivity contribution in [3.8, 4) is 0 Å². The number of rotatable bonds is 2. The van der Waals surface area contributed by atoms with Crippen molar-refractivity contribution in [1.29, 1.82) is 0 Å². The van der Waals surface area contributed by atoms with Gasteiger partial charge in [0.15, 0.2) is 17.6 Å². The first kappa shape index (κ1) is 6.43. The minimum Gasteiger partial charge on any atom is -0.293 e. The summed E-state index contributed by atoms with van der Waals surface area (Å²) in [6, 6.07) is 0. The Hall–Kier alpha value is -0.570. The van der Waals surface area contributed by atoms with Crippen molar-refractivity contribution in [3.05, 3.63) is 0 Å². The Morgan fingerprint density at radius 3 is 2.71 bits per heavy atom. The summed E-state index contributed by atoms with van der Waals surface area (Å²) >= 11 is 4.60. The normalized spacial score (nSPS) is 9.43. The molecule has 0 bridgehead atoms. The number of hydrogen-bond donors (Lipinski definition) is 0. The second-order valence-corrected chi connectivity index (χ2v) is 1.05. The van der Waals surface area contributed by atoms with Crippen molar-refractivity contribution in [1.82, 2.24) is 0 Å². The fourth-order valence-electron chi connectivity index (χ4n) is 0.0941. The summed E-state index contributed by atoms with van der Waals surface area (Å²) in [7, 11) is 0. The van der Waals surface area contributed by atoms with Gasteiger partial charge in [-0.1, -0.05) is 5.16 Å². The number of carbonyl (C=O) groups excluding carboxylic acids is 1. The largest absolute Gasteiger partial charge is 0.293 e. The van der Waals surface area contributed by atoms with Crippen molar-refractivity contribution >= 4 is 23.9 Å². The Labute approximate surface area is 46.1 Å². The highest BCUT2D eigenvalue weighted by molar-refractivity contribution is 6.26. The van der Waals surface area contributed by atoms with Crippen molar-refractivity contribution in [3.63, 3.8) is 0 Å². The predicted octanol–water partition coefficient (Wildman–Crippen LogP) is 0.732. The molecule has 0 unspecified atom stereocenters. The Morgan fingerprint density at radius 1 is 2.00 bits per heavy atom. The van der Waals surface area contributed by atoms with E-state index in [-0.39, 0.29) is 5.78 Å². The fraction of sp³-hybridized carbons (Fsp3) is 0.333. The Bertz CT molecular complexity index is 90.9. The molecule has 7 heavy (non-hydrogen) atoms. The molecule has 0 saturated carbocycles. The third kappa shape index (κ3) is 5.43. The average molecular weight is 122 g/mol. The van der Waals surface area contributed by atoms with E-state index in [9.17, 15) is 4.79 Å². The number of Topliss-reactive ketones (excluding diaryl/α,β-unsaturated/α-hetero) is 1. The van der Waals surface area contributed by atoms with E-state index in [0.717, 1.165) is 6.21 Å². The molecule has 0 aromatic carbocycles. The molecule has 0 aromatic heterocycles. The molecular formula is C3H4ClNO2. The zero-order chi connectivity index (χ0) is 5.70. The first-order valence-corrected chi connectivity index (χ1v) is 1.90. The summed E-state index contributed by atoms with van der Waals surface area (Å²) in [6.45, 7) is 1.35.